The number of carbonyl (C=O) groups is 2. The zero-order valence-electron chi connectivity index (χ0n) is 12.1. The van der Waals surface area contributed by atoms with E-state index in [1.165, 1.54) is 13.8 Å². The summed E-state index contributed by atoms with van der Waals surface area (Å²) in [5.41, 5.74) is 0.0258. The molecule has 0 heterocycles. The van der Waals surface area contributed by atoms with Gasteiger partial charge in [0.1, 0.15) is 0 Å². The summed E-state index contributed by atoms with van der Waals surface area (Å²) < 4.78 is 11.2. The zero-order chi connectivity index (χ0) is 16.2. The van der Waals surface area contributed by atoms with Gasteiger partial charge >= 0.3 is 5.97 Å². The molecule has 1 rings (SSSR count). The van der Waals surface area contributed by atoms with Crippen LogP contribution in [-0.2, 0) is 26.1 Å². The van der Waals surface area contributed by atoms with Gasteiger partial charge < -0.3 is 10.4 Å². The van der Waals surface area contributed by atoms with Crippen molar-refractivity contribution in [2.75, 3.05) is 11.6 Å². The number of hydrogen-bond donors (Lipinski definition) is 2. The third kappa shape index (κ3) is 5.47. The molecular formula is C14H18ClNO4S. The molecule has 0 bridgehead atoms. The second kappa shape index (κ2) is 7.04. The molecule has 7 heteroatoms. The predicted octanol–water partition coefficient (Wildman–Crippen LogP) is 2.66. The lowest BCUT2D eigenvalue weighted by Gasteiger charge is -2.18. The van der Waals surface area contributed by atoms with E-state index in [-0.39, 0.29) is 6.42 Å². The van der Waals surface area contributed by atoms with Crippen LogP contribution in [0.3, 0.4) is 0 Å². The van der Waals surface area contributed by atoms with Crippen LogP contribution < -0.4 is 5.32 Å². The van der Waals surface area contributed by atoms with Gasteiger partial charge in [0.15, 0.2) is 0 Å². The first-order chi connectivity index (χ1) is 9.61. The van der Waals surface area contributed by atoms with Crippen LogP contribution in [-0.4, -0.2) is 27.4 Å². The van der Waals surface area contributed by atoms with E-state index in [9.17, 15) is 13.8 Å². The fourth-order valence-electron chi connectivity index (χ4n) is 1.66. The third-order valence-corrected chi connectivity index (χ3v) is 3.93. The Balaban J connectivity index is 2.85. The molecule has 2 N–H and O–H groups in total. The predicted molar refractivity (Wildman–Crippen MR) is 83.9 cm³/mol. The summed E-state index contributed by atoms with van der Waals surface area (Å²) in [5.74, 6) is -1.11. The topological polar surface area (TPSA) is 83.5 Å². The summed E-state index contributed by atoms with van der Waals surface area (Å²) in [7, 11) is -1.000. The monoisotopic (exact) mass is 331 g/mol. The summed E-state index contributed by atoms with van der Waals surface area (Å²) in [6.07, 6.45) is 1.42. The number of rotatable bonds is 6. The first kappa shape index (κ1) is 17.7. The van der Waals surface area contributed by atoms with Crippen molar-refractivity contribution in [3.8, 4) is 0 Å². The van der Waals surface area contributed by atoms with Crippen molar-refractivity contribution < 1.29 is 18.9 Å². The Labute approximate surface area is 131 Å². The lowest BCUT2D eigenvalue weighted by atomic mass is 9.89. The molecular weight excluding hydrogens is 314 g/mol. The molecule has 1 aromatic rings. The average Bonchev–Trinajstić information content (AvgIpc) is 2.31. The Morgan fingerprint density at radius 3 is 2.52 bits per heavy atom. The number of carboxylic acid groups (broad SMARTS) is 1. The lowest BCUT2D eigenvalue weighted by Crippen LogP contribution is -2.29. The first-order valence-electron chi connectivity index (χ1n) is 6.23. The molecule has 0 saturated carbocycles. The highest BCUT2D eigenvalue weighted by Gasteiger charge is 2.30. The number of carboxylic acids is 1. The number of aliphatic carboxylic acids is 1. The SMILES string of the molecule is CS(=O)Cc1ccc(Cl)c(NC(=O)CC(C)(C)C(=O)O)c1. The molecule has 116 valence electrons. The quantitative estimate of drug-likeness (QED) is 0.839. The molecule has 0 aliphatic heterocycles. The molecule has 1 amide bonds. The maximum absolute atomic E-state index is 11.9. The third-order valence-electron chi connectivity index (χ3n) is 2.86. The van der Waals surface area contributed by atoms with Gasteiger partial charge in [0, 0.05) is 29.2 Å². The van der Waals surface area contributed by atoms with Gasteiger partial charge in [-0.05, 0) is 31.5 Å². The molecule has 0 aliphatic carbocycles. The minimum Gasteiger partial charge on any atom is -0.481 e. The first-order valence-corrected chi connectivity index (χ1v) is 8.34. The number of carbonyl (C=O) groups excluding carboxylic acids is 1. The minimum atomic E-state index is -1.15. The van der Waals surface area contributed by atoms with Crippen molar-refractivity contribution in [1.82, 2.24) is 0 Å². The molecule has 1 unspecified atom stereocenters. The number of halogens is 1. The van der Waals surface area contributed by atoms with Crippen molar-refractivity contribution >= 4 is 40.0 Å². The van der Waals surface area contributed by atoms with Gasteiger partial charge in [0.25, 0.3) is 0 Å². The number of hydrogen-bond acceptors (Lipinski definition) is 3. The van der Waals surface area contributed by atoms with Crippen molar-refractivity contribution in [2.24, 2.45) is 5.41 Å². The second-order valence-corrected chi connectivity index (χ2v) is 7.29. The van der Waals surface area contributed by atoms with Crippen LogP contribution in [0.5, 0.6) is 0 Å². The number of anilines is 1. The summed E-state index contributed by atoms with van der Waals surface area (Å²) in [5, 5.41) is 12.0. The van der Waals surface area contributed by atoms with Gasteiger partial charge in [-0.25, -0.2) is 0 Å². The van der Waals surface area contributed by atoms with Crippen molar-refractivity contribution in [3.63, 3.8) is 0 Å². The van der Waals surface area contributed by atoms with Crippen LogP contribution in [0.4, 0.5) is 5.69 Å². The Kier molecular flexibility index (Phi) is 5.92. The average molecular weight is 332 g/mol. The second-order valence-electron chi connectivity index (χ2n) is 5.45. The van der Waals surface area contributed by atoms with Crippen LogP contribution in [0.15, 0.2) is 18.2 Å². The summed E-state index contributed by atoms with van der Waals surface area (Å²) >= 11 is 6.00. The molecule has 0 radical (unpaired) electrons. The van der Waals surface area contributed by atoms with Crippen molar-refractivity contribution in [2.45, 2.75) is 26.0 Å². The van der Waals surface area contributed by atoms with E-state index in [4.69, 9.17) is 16.7 Å². The fourth-order valence-corrected chi connectivity index (χ4v) is 2.48. The van der Waals surface area contributed by atoms with Gasteiger partial charge in [0.05, 0.1) is 16.1 Å². The van der Waals surface area contributed by atoms with Crippen LogP contribution >= 0.6 is 11.6 Å². The summed E-state index contributed by atoms with van der Waals surface area (Å²) in [4.78, 5) is 22.9. The van der Waals surface area contributed by atoms with E-state index in [0.29, 0.717) is 16.5 Å². The van der Waals surface area contributed by atoms with E-state index >= 15 is 0 Å². The molecule has 0 fully saturated rings. The van der Waals surface area contributed by atoms with Gasteiger partial charge in [-0.3, -0.25) is 13.8 Å². The molecule has 0 aliphatic rings. The van der Waals surface area contributed by atoms with E-state index in [1.807, 2.05) is 0 Å². The van der Waals surface area contributed by atoms with E-state index in [1.54, 1.807) is 24.5 Å². The molecule has 1 aromatic carbocycles. The largest absolute Gasteiger partial charge is 0.481 e. The van der Waals surface area contributed by atoms with Crippen LogP contribution in [0.2, 0.25) is 5.02 Å². The number of amides is 1. The van der Waals surface area contributed by atoms with Crippen molar-refractivity contribution in [3.05, 3.63) is 28.8 Å². The fraction of sp³-hybridized carbons (Fsp3) is 0.429. The van der Waals surface area contributed by atoms with E-state index in [0.717, 1.165) is 5.56 Å². The summed E-state index contributed by atoms with van der Waals surface area (Å²) in [6.45, 7) is 2.96. The van der Waals surface area contributed by atoms with Crippen molar-refractivity contribution in [1.29, 1.82) is 0 Å². The molecule has 0 saturated heterocycles. The molecule has 1 atom stereocenters. The number of nitrogens with one attached hydrogen (secondary N) is 1. The van der Waals surface area contributed by atoms with Gasteiger partial charge in [-0.2, -0.15) is 0 Å². The molecule has 5 nitrogen and oxygen atoms in total. The highest BCUT2D eigenvalue weighted by atomic mass is 35.5. The van der Waals surface area contributed by atoms with Crippen LogP contribution in [0.1, 0.15) is 25.8 Å². The maximum atomic E-state index is 11.9. The van der Waals surface area contributed by atoms with E-state index < -0.39 is 28.1 Å². The minimum absolute atomic E-state index is 0.164. The lowest BCUT2D eigenvalue weighted by molar-refractivity contribution is -0.148. The Hall–Kier alpha value is -1.40. The van der Waals surface area contributed by atoms with Crippen LogP contribution in [0.25, 0.3) is 0 Å². The standard InChI is InChI=1S/C14H18ClNO4S/c1-14(2,13(18)19)7-12(17)16-11-6-9(8-21(3)20)4-5-10(11)15/h4-6H,7-8H2,1-3H3,(H,16,17)(H,18,19). The Bertz CT molecular complexity index is 586. The molecule has 0 spiro atoms. The molecule has 0 aromatic heterocycles. The Morgan fingerprint density at radius 2 is 2.00 bits per heavy atom. The smallest absolute Gasteiger partial charge is 0.309 e. The maximum Gasteiger partial charge on any atom is 0.309 e. The highest BCUT2D eigenvalue weighted by Crippen LogP contribution is 2.26. The molecule has 21 heavy (non-hydrogen) atoms. The highest BCUT2D eigenvalue weighted by molar-refractivity contribution is 7.83. The van der Waals surface area contributed by atoms with E-state index in [2.05, 4.69) is 5.32 Å². The zero-order valence-corrected chi connectivity index (χ0v) is 13.7. The van der Waals surface area contributed by atoms with Gasteiger partial charge in [-0.1, -0.05) is 17.7 Å². The van der Waals surface area contributed by atoms with Crippen LogP contribution in [0, 0.1) is 5.41 Å². The Morgan fingerprint density at radius 1 is 1.38 bits per heavy atom. The number of benzene rings is 1. The van der Waals surface area contributed by atoms with Gasteiger partial charge in [-0.15, -0.1) is 0 Å². The summed E-state index contributed by atoms with van der Waals surface area (Å²) in [6, 6.07) is 5.00. The normalized spacial score (nSPS) is 12.8. The van der Waals surface area contributed by atoms with Gasteiger partial charge in [0.2, 0.25) is 5.91 Å².